The van der Waals surface area contributed by atoms with Crippen LogP contribution in [0.3, 0.4) is 0 Å². The number of nitro groups is 1. The summed E-state index contributed by atoms with van der Waals surface area (Å²) in [5.41, 5.74) is 2.44. The molecule has 5 rings (SSSR count). The van der Waals surface area contributed by atoms with E-state index in [0.717, 1.165) is 5.56 Å². The zero-order chi connectivity index (χ0) is 24.5. The SMILES string of the molecule is Cc1cccc(OCC2=NN3C(=N)/C(=C\c4cccn4-c4ccc([N+](=O)[O-])cc4)C(=O)N=C3S2)c1. The van der Waals surface area contributed by atoms with Crippen molar-refractivity contribution in [3.63, 3.8) is 0 Å². The lowest BCUT2D eigenvalue weighted by Crippen LogP contribution is -2.35. The van der Waals surface area contributed by atoms with Gasteiger partial charge in [0.15, 0.2) is 5.84 Å². The van der Waals surface area contributed by atoms with E-state index >= 15 is 0 Å². The number of nitrogens with zero attached hydrogens (tertiary/aromatic N) is 5. The van der Waals surface area contributed by atoms with Gasteiger partial charge in [-0.3, -0.25) is 20.3 Å². The lowest BCUT2D eigenvalue weighted by atomic mass is 10.1. The van der Waals surface area contributed by atoms with Crippen molar-refractivity contribution < 1.29 is 14.5 Å². The molecule has 35 heavy (non-hydrogen) atoms. The maximum atomic E-state index is 12.8. The predicted octanol–water partition coefficient (Wildman–Crippen LogP) is 4.39. The van der Waals surface area contributed by atoms with Gasteiger partial charge in [0.2, 0.25) is 5.17 Å². The maximum absolute atomic E-state index is 12.8. The third kappa shape index (κ3) is 4.49. The second kappa shape index (κ2) is 9.03. The number of carbonyl (C=O) groups excluding carboxylic acids is 1. The summed E-state index contributed by atoms with van der Waals surface area (Å²) >= 11 is 1.19. The quantitative estimate of drug-likeness (QED) is 0.313. The number of thioether (sulfide) groups is 1. The molecule has 1 amide bonds. The van der Waals surface area contributed by atoms with Crippen molar-refractivity contribution in [1.29, 1.82) is 5.41 Å². The third-order valence-electron chi connectivity index (χ3n) is 5.26. The van der Waals surface area contributed by atoms with Crippen LogP contribution in [0, 0.1) is 22.4 Å². The number of nitro benzene ring substituents is 1. The first kappa shape index (κ1) is 22.3. The molecule has 2 aromatic carbocycles. The summed E-state index contributed by atoms with van der Waals surface area (Å²) in [5, 5.41) is 26.2. The molecule has 2 aliphatic heterocycles. The topological polar surface area (TPSA) is 126 Å². The number of non-ortho nitro benzene ring substituents is 1. The predicted molar refractivity (Wildman–Crippen MR) is 134 cm³/mol. The second-order valence-corrected chi connectivity index (χ2v) is 8.74. The Balaban J connectivity index is 1.37. The lowest BCUT2D eigenvalue weighted by molar-refractivity contribution is -0.384. The number of fused-ring (bicyclic) bond motifs is 1. The van der Waals surface area contributed by atoms with Gasteiger partial charge in [-0.05, 0) is 66.7 Å². The average Bonchev–Trinajstić information content (AvgIpc) is 3.47. The Morgan fingerprint density at radius 3 is 2.71 bits per heavy atom. The van der Waals surface area contributed by atoms with E-state index in [4.69, 9.17) is 10.1 Å². The van der Waals surface area contributed by atoms with Gasteiger partial charge in [-0.15, -0.1) is 0 Å². The van der Waals surface area contributed by atoms with Gasteiger partial charge in [-0.1, -0.05) is 12.1 Å². The molecule has 0 aliphatic carbocycles. The number of aryl methyl sites for hydroxylation is 1. The van der Waals surface area contributed by atoms with E-state index < -0.39 is 10.8 Å². The fourth-order valence-electron chi connectivity index (χ4n) is 3.57. The Hall–Kier alpha value is -4.51. The van der Waals surface area contributed by atoms with Crippen LogP contribution in [-0.2, 0) is 4.79 Å². The first-order valence-electron chi connectivity index (χ1n) is 10.5. The zero-order valence-corrected chi connectivity index (χ0v) is 19.2. The van der Waals surface area contributed by atoms with E-state index in [2.05, 4.69) is 10.1 Å². The molecule has 0 saturated carbocycles. The zero-order valence-electron chi connectivity index (χ0n) is 18.4. The molecule has 10 nitrogen and oxygen atoms in total. The van der Waals surface area contributed by atoms with E-state index in [9.17, 15) is 14.9 Å². The van der Waals surface area contributed by atoms with Crippen LogP contribution < -0.4 is 4.74 Å². The molecule has 2 aliphatic rings. The molecular weight excluding hydrogens is 468 g/mol. The molecule has 0 saturated heterocycles. The lowest BCUT2D eigenvalue weighted by Gasteiger charge is -2.20. The van der Waals surface area contributed by atoms with Gasteiger partial charge >= 0.3 is 0 Å². The van der Waals surface area contributed by atoms with Crippen LogP contribution in [0.15, 0.2) is 82.5 Å². The molecule has 3 aromatic rings. The summed E-state index contributed by atoms with van der Waals surface area (Å²) in [6, 6.07) is 17.3. The van der Waals surface area contributed by atoms with Crippen molar-refractivity contribution in [1.82, 2.24) is 9.58 Å². The normalized spacial score (nSPS) is 16.3. The molecule has 1 N–H and O–H groups in total. The largest absolute Gasteiger partial charge is 0.487 e. The molecule has 0 radical (unpaired) electrons. The Labute approximate surface area is 203 Å². The van der Waals surface area contributed by atoms with Gasteiger partial charge in [-0.25, -0.2) is 0 Å². The molecule has 11 heteroatoms. The number of carbonyl (C=O) groups is 1. The number of rotatable bonds is 6. The highest BCUT2D eigenvalue weighted by atomic mass is 32.2. The summed E-state index contributed by atoms with van der Waals surface area (Å²) in [6.07, 6.45) is 3.33. The van der Waals surface area contributed by atoms with Crippen molar-refractivity contribution >= 4 is 45.5 Å². The molecule has 0 fully saturated rings. The van der Waals surface area contributed by atoms with E-state index in [-0.39, 0.29) is 23.7 Å². The minimum atomic E-state index is -0.541. The van der Waals surface area contributed by atoms with Crippen LogP contribution in [-0.4, -0.2) is 43.1 Å². The number of aliphatic imine (C=N–C) groups is 1. The van der Waals surface area contributed by atoms with Crippen molar-refractivity contribution in [2.24, 2.45) is 10.1 Å². The number of amides is 1. The van der Waals surface area contributed by atoms with Crippen molar-refractivity contribution in [2.45, 2.75) is 6.92 Å². The minimum Gasteiger partial charge on any atom is -0.487 e. The summed E-state index contributed by atoms with van der Waals surface area (Å²) in [5.74, 6) is 0.0783. The van der Waals surface area contributed by atoms with Crippen LogP contribution in [0.5, 0.6) is 5.75 Å². The highest BCUT2D eigenvalue weighted by Crippen LogP contribution is 2.29. The van der Waals surface area contributed by atoms with Crippen molar-refractivity contribution in [3.05, 3.63) is 93.8 Å². The van der Waals surface area contributed by atoms with Crippen molar-refractivity contribution in [3.8, 4) is 11.4 Å². The number of ether oxygens (including phenoxy) is 1. The van der Waals surface area contributed by atoms with Gasteiger partial charge in [0.1, 0.15) is 17.4 Å². The fourth-order valence-corrected chi connectivity index (χ4v) is 4.37. The fraction of sp³-hybridized carbons (Fsp3) is 0.0833. The average molecular weight is 487 g/mol. The molecule has 1 aromatic heterocycles. The van der Waals surface area contributed by atoms with Gasteiger partial charge in [0, 0.05) is 29.7 Å². The third-order valence-corrected chi connectivity index (χ3v) is 6.14. The van der Waals surface area contributed by atoms with E-state index in [1.807, 2.05) is 31.2 Å². The van der Waals surface area contributed by atoms with Crippen molar-refractivity contribution in [2.75, 3.05) is 6.61 Å². The van der Waals surface area contributed by atoms with Gasteiger partial charge < -0.3 is 9.30 Å². The number of nitrogens with one attached hydrogen (secondary N) is 1. The molecular formula is C24H18N6O4S. The molecule has 0 spiro atoms. The number of hydrazone groups is 1. The summed E-state index contributed by atoms with van der Waals surface area (Å²) in [6.45, 7) is 2.16. The Morgan fingerprint density at radius 1 is 1.17 bits per heavy atom. The van der Waals surface area contributed by atoms with Crippen LogP contribution in [0.25, 0.3) is 11.8 Å². The molecule has 0 bridgehead atoms. The molecule has 0 unspecified atom stereocenters. The summed E-state index contributed by atoms with van der Waals surface area (Å²) < 4.78 is 7.55. The smallest absolute Gasteiger partial charge is 0.283 e. The Morgan fingerprint density at radius 2 is 1.97 bits per heavy atom. The number of hydrogen-bond acceptors (Lipinski definition) is 7. The monoisotopic (exact) mass is 486 g/mol. The summed E-state index contributed by atoms with van der Waals surface area (Å²) in [4.78, 5) is 27.3. The highest BCUT2D eigenvalue weighted by Gasteiger charge is 2.36. The molecule has 0 atom stereocenters. The first-order chi connectivity index (χ1) is 16.9. The van der Waals surface area contributed by atoms with E-state index in [0.29, 0.717) is 27.3 Å². The van der Waals surface area contributed by atoms with Crippen LogP contribution in [0.1, 0.15) is 11.3 Å². The Kier molecular flexibility index (Phi) is 5.75. The number of benzene rings is 2. The number of amidine groups is 2. The Bertz CT molecular complexity index is 1450. The van der Waals surface area contributed by atoms with E-state index in [1.165, 1.54) is 28.9 Å². The number of hydrogen-bond donors (Lipinski definition) is 1. The standard InChI is InChI=1S/C24H18N6O4S/c1-15-4-2-6-19(12-15)34-14-21-27-29-22(25)20(23(31)26-24(29)35-21)13-18-5-3-11-28(18)16-7-9-17(10-8-16)30(32)33/h2-13,25H,14H2,1H3/b20-13+,25-22?. The molecule has 3 heterocycles. The maximum Gasteiger partial charge on any atom is 0.283 e. The van der Waals surface area contributed by atoms with Gasteiger partial charge in [0.25, 0.3) is 11.6 Å². The van der Waals surface area contributed by atoms with Gasteiger partial charge in [0.05, 0.1) is 10.5 Å². The second-order valence-electron chi connectivity index (χ2n) is 7.70. The van der Waals surface area contributed by atoms with Gasteiger partial charge in [-0.2, -0.15) is 15.1 Å². The number of aromatic nitrogens is 1. The van der Waals surface area contributed by atoms with Crippen LogP contribution in [0.4, 0.5) is 5.69 Å². The summed E-state index contributed by atoms with van der Waals surface area (Å²) in [7, 11) is 0. The van der Waals surface area contributed by atoms with Crippen LogP contribution in [0.2, 0.25) is 0 Å². The molecule has 174 valence electrons. The first-order valence-corrected chi connectivity index (χ1v) is 11.3. The minimum absolute atomic E-state index is 0.0153. The van der Waals surface area contributed by atoms with E-state index in [1.54, 1.807) is 41.1 Å². The highest BCUT2D eigenvalue weighted by molar-refractivity contribution is 8.27. The van der Waals surface area contributed by atoms with Crippen LogP contribution >= 0.6 is 11.8 Å².